The van der Waals surface area contributed by atoms with Gasteiger partial charge in [-0.2, -0.15) is 4.31 Å². The highest BCUT2D eigenvalue weighted by Crippen LogP contribution is 2.28. The van der Waals surface area contributed by atoms with Gasteiger partial charge in [0.2, 0.25) is 0 Å². The first kappa shape index (κ1) is 13.7. The minimum absolute atomic E-state index is 0.190. The van der Waals surface area contributed by atoms with Gasteiger partial charge in [-0.15, -0.1) is 11.3 Å². The lowest BCUT2D eigenvalue weighted by Crippen LogP contribution is -2.25. The molecule has 0 saturated heterocycles. The number of nitrogens with zero attached hydrogens (tertiary/aromatic N) is 2. The van der Waals surface area contributed by atoms with Gasteiger partial charge in [-0.25, -0.2) is 8.42 Å². The van der Waals surface area contributed by atoms with E-state index in [0.717, 1.165) is 3.79 Å². The maximum absolute atomic E-state index is 12.2. The van der Waals surface area contributed by atoms with E-state index in [1.54, 1.807) is 25.1 Å². The van der Waals surface area contributed by atoms with Crippen molar-refractivity contribution < 1.29 is 12.9 Å². The molecule has 8 heteroatoms. The Labute approximate surface area is 118 Å². The minimum atomic E-state index is -3.47. The van der Waals surface area contributed by atoms with Crippen LogP contribution in [-0.2, 0) is 16.6 Å². The number of hydrogen-bond acceptors (Lipinski definition) is 5. The lowest BCUT2D eigenvalue weighted by molar-refractivity contribution is 0.378. The van der Waals surface area contributed by atoms with Gasteiger partial charge in [-0.1, -0.05) is 5.16 Å². The van der Waals surface area contributed by atoms with Crippen molar-refractivity contribution in [1.29, 1.82) is 0 Å². The highest BCUT2D eigenvalue weighted by atomic mass is 79.9. The maximum atomic E-state index is 12.2. The van der Waals surface area contributed by atoms with E-state index in [1.807, 2.05) is 0 Å². The zero-order valence-corrected chi connectivity index (χ0v) is 13.0. The zero-order valence-electron chi connectivity index (χ0n) is 9.75. The van der Waals surface area contributed by atoms with Crippen LogP contribution in [0, 0.1) is 6.92 Å². The van der Waals surface area contributed by atoms with Crippen LogP contribution in [0.4, 0.5) is 0 Å². The first-order valence-corrected chi connectivity index (χ1v) is 8.08. The first-order chi connectivity index (χ1) is 8.39. The Hall–Kier alpha value is -0.700. The molecular formula is C10H11BrN2O3S2. The normalized spacial score (nSPS) is 12.2. The average molecular weight is 351 g/mol. The van der Waals surface area contributed by atoms with Crippen molar-refractivity contribution in [2.45, 2.75) is 17.7 Å². The zero-order chi connectivity index (χ0) is 13.3. The molecule has 2 aromatic rings. The fourth-order valence-corrected chi connectivity index (χ4v) is 4.76. The van der Waals surface area contributed by atoms with Crippen LogP contribution in [0.2, 0.25) is 0 Å². The molecule has 0 aliphatic heterocycles. The van der Waals surface area contributed by atoms with Crippen molar-refractivity contribution in [2.24, 2.45) is 0 Å². The lowest BCUT2D eigenvalue weighted by atomic mass is 10.4. The number of hydrogen-bond donors (Lipinski definition) is 0. The summed E-state index contributed by atoms with van der Waals surface area (Å²) in [5.41, 5.74) is 0.592. The third kappa shape index (κ3) is 2.82. The Morgan fingerprint density at radius 2 is 2.22 bits per heavy atom. The second-order valence-electron chi connectivity index (χ2n) is 3.75. The number of halogens is 1. The molecule has 18 heavy (non-hydrogen) atoms. The van der Waals surface area contributed by atoms with Crippen LogP contribution >= 0.6 is 27.3 Å². The maximum Gasteiger partial charge on any atom is 0.252 e. The second kappa shape index (κ2) is 5.12. The van der Waals surface area contributed by atoms with Crippen LogP contribution in [0.25, 0.3) is 0 Å². The molecule has 2 rings (SSSR count). The van der Waals surface area contributed by atoms with E-state index in [-0.39, 0.29) is 6.54 Å². The molecule has 0 radical (unpaired) electrons. The topological polar surface area (TPSA) is 63.4 Å². The second-order valence-corrected chi connectivity index (χ2v) is 8.48. The summed E-state index contributed by atoms with van der Waals surface area (Å²) < 4.78 is 31.7. The Morgan fingerprint density at radius 3 is 2.72 bits per heavy atom. The summed E-state index contributed by atoms with van der Waals surface area (Å²) in [5, 5.41) is 3.78. The van der Waals surface area contributed by atoms with Crippen LogP contribution in [-0.4, -0.2) is 24.9 Å². The molecule has 98 valence electrons. The molecule has 0 aromatic carbocycles. The fraction of sp³-hybridized carbons (Fsp3) is 0.300. The summed E-state index contributed by atoms with van der Waals surface area (Å²) in [6.45, 7) is 1.95. The van der Waals surface area contributed by atoms with Gasteiger partial charge in [0.25, 0.3) is 10.0 Å². The van der Waals surface area contributed by atoms with Crippen molar-refractivity contribution in [3.63, 3.8) is 0 Å². The third-order valence-electron chi connectivity index (χ3n) is 2.27. The summed E-state index contributed by atoms with van der Waals surface area (Å²) in [7, 11) is -1.95. The van der Waals surface area contributed by atoms with Crippen LogP contribution in [0.15, 0.2) is 30.7 Å². The van der Waals surface area contributed by atoms with Gasteiger partial charge in [0.1, 0.15) is 9.97 Å². The van der Waals surface area contributed by atoms with Crippen LogP contribution in [0.1, 0.15) is 11.5 Å². The standard InChI is InChI=1S/C10H11BrN2O3S2/c1-7-5-8(12-16-7)6-13(2)18(14,15)10-4-3-9(11)17-10/h3-5H,6H2,1-2H3. The molecule has 2 heterocycles. The molecule has 2 aromatic heterocycles. The molecule has 0 aliphatic carbocycles. The summed E-state index contributed by atoms with van der Waals surface area (Å²) >= 11 is 4.43. The molecule has 0 spiro atoms. The van der Waals surface area contributed by atoms with E-state index >= 15 is 0 Å². The van der Waals surface area contributed by atoms with E-state index < -0.39 is 10.0 Å². The van der Waals surface area contributed by atoms with Gasteiger partial charge >= 0.3 is 0 Å². The molecule has 0 fully saturated rings. The van der Waals surface area contributed by atoms with E-state index in [9.17, 15) is 8.42 Å². The Balaban J connectivity index is 2.20. The van der Waals surface area contributed by atoms with Crippen molar-refractivity contribution in [3.05, 3.63) is 33.4 Å². The van der Waals surface area contributed by atoms with Gasteiger partial charge in [0.05, 0.1) is 16.0 Å². The summed E-state index contributed by atoms with van der Waals surface area (Å²) in [4.78, 5) is 0. The average Bonchev–Trinajstić information content (AvgIpc) is 2.88. The van der Waals surface area contributed by atoms with Crippen molar-refractivity contribution in [1.82, 2.24) is 9.46 Å². The van der Waals surface area contributed by atoms with Crippen molar-refractivity contribution in [2.75, 3.05) is 7.05 Å². The van der Waals surface area contributed by atoms with E-state index in [2.05, 4.69) is 21.1 Å². The quantitative estimate of drug-likeness (QED) is 0.850. The predicted octanol–water partition coefficient (Wildman–Crippen LogP) is 2.63. The SMILES string of the molecule is Cc1cc(CN(C)S(=O)(=O)c2ccc(Br)s2)no1. The molecule has 0 unspecified atom stereocenters. The molecule has 0 bridgehead atoms. The Kier molecular flexibility index (Phi) is 3.90. The van der Waals surface area contributed by atoms with Crippen molar-refractivity contribution >= 4 is 37.3 Å². The monoisotopic (exact) mass is 350 g/mol. The highest BCUT2D eigenvalue weighted by molar-refractivity contribution is 9.11. The van der Waals surface area contributed by atoms with Crippen LogP contribution in [0.3, 0.4) is 0 Å². The Bertz CT molecular complexity index is 648. The summed E-state index contributed by atoms with van der Waals surface area (Å²) in [5.74, 6) is 0.662. The van der Waals surface area contributed by atoms with E-state index in [1.165, 1.54) is 22.7 Å². The summed E-state index contributed by atoms with van der Waals surface area (Å²) in [6.07, 6.45) is 0. The van der Waals surface area contributed by atoms with Crippen LogP contribution < -0.4 is 0 Å². The molecule has 0 atom stereocenters. The summed E-state index contributed by atoms with van der Waals surface area (Å²) in [6, 6.07) is 5.01. The highest BCUT2D eigenvalue weighted by Gasteiger charge is 2.23. The number of thiophene rings is 1. The number of aryl methyl sites for hydroxylation is 1. The molecule has 0 N–H and O–H groups in total. The van der Waals surface area contributed by atoms with Crippen molar-refractivity contribution in [3.8, 4) is 0 Å². The fourth-order valence-electron chi connectivity index (χ4n) is 1.40. The van der Waals surface area contributed by atoms with Gasteiger partial charge in [-0.3, -0.25) is 0 Å². The minimum Gasteiger partial charge on any atom is -0.361 e. The molecule has 0 saturated carbocycles. The largest absolute Gasteiger partial charge is 0.361 e. The molecule has 0 aliphatic rings. The Morgan fingerprint density at radius 1 is 1.50 bits per heavy atom. The van der Waals surface area contributed by atoms with Gasteiger partial charge in [0.15, 0.2) is 0 Å². The number of rotatable bonds is 4. The van der Waals surface area contributed by atoms with Gasteiger partial charge < -0.3 is 4.52 Å². The van der Waals surface area contributed by atoms with Crippen LogP contribution in [0.5, 0.6) is 0 Å². The van der Waals surface area contributed by atoms with E-state index in [0.29, 0.717) is 15.7 Å². The number of aromatic nitrogens is 1. The molecule has 0 amide bonds. The smallest absolute Gasteiger partial charge is 0.252 e. The third-order valence-corrected chi connectivity index (χ3v) is 6.17. The van der Waals surface area contributed by atoms with Gasteiger partial charge in [-0.05, 0) is 35.0 Å². The van der Waals surface area contributed by atoms with Gasteiger partial charge in [0, 0.05) is 13.1 Å². The molecule has 5 nitrogen and oxygen atoms in total. The first-order valence-electron chi connectivity index (χ1n) is 5.03. The predicted molar refractivity (Wildman–Crippen MR) is 71.9 cm³/mol. The lowest BCUT2D eigenvalue weighted by Gasteiger charge is -2.13. The van der Waals surface area contributed by atoms with E-state index in [4.69, 9.17) is 4.52 Å². The number of sulfonamides is 1. The molecular weight excluding hydrogens is 340 g/mol.